The molecule has 0 amide bonds. The van der Waals surface area contributed by atoms with E-state index in [1.54, 1.807) is 18.0 Å². The molecule has 0 saturated heterocycles. The molecule has 1 fully saturated rings. The highest BCUT2D eigenvalue weighted by Crippen LogP contribution is 2.43. The van der Waals surface area contributed by atoms with Crippen molar-refractivity contribution in [2.75, 3.05) is 6.61 Å². The minimum absolute atomic E-state index is 0.634. The molecule has 2 nitrogen and oxygen atoms in total. The van der Waals surface area contributed by atoms with Crippen LogP contribution in [0.4, 0.5) is 0 Å². The number of rotatable bonds is 5. The first kappa shape index (κ1) is 13.5. The highest BCUT2D eigenvalue weighted by molar-refractivity contribution is 8.03. The maximum absolute atomic E-state index is 10.7. The zero-order valence-corrected chi connectivity index (χ0v) is 11.6. The molecule has 1 aromatic rings. The Bertz CT molecular complexity index is 394. The van der Waals surface area contributed by atoms with Crippen LogP contribution in [0.3, 0.4) is 0 Å². The van der Waals surface area contributed by atoms with E-state index >= 15 is 0 Å². The molecule has 0 bridgehead atoms. The Hall–Kier alpha value is -0.930. The van der Waals surface area contributed by atoms with Gasteiger partial charge in [-0.3, -0.25) is 0 Å². The Morgan fingerprint density at radius 3 is 2.61 bits per heavy atom. The number of thioether (sulfide) groups is 1. The van der Waals surface area contributed by atoms with Gasteiger partial charge >= 0.3 is 0 Å². The highest BCUT2D eigenvalue weighted by atomic mass is 32.2. The lowest BCUT2D eigenvalue weighted by Crippen LogP contribution is -2.25. The second-order valence-corrected chi connectivity index (χ2v) is 5.71. The summed E-state index contributed by atoms with van der Waals surface area (Å²) in [6.07, 6.45) is 5.60. The Balaban J connectivity index is 2.15. The van der Waals surface area contributed by atoms with Gasteiger partial charge in [-0.2, -0.15) is 0 Å². The molecule has 3 heteroatoms. The maximum Gasteiger partial charge on any atom is 0.0988 e. The van der Waals surface area contributed by atoms with Crippen LogP contribution in [0.5, 0.6) is 0 Å². The minimum atomic E-state index is -0.685. The van der Waals surface area contributed by atoms with Gasteiger partial charge < -0.3 is 9.84 Å². The normalized spacial score (nSPS) is 18.9. The minimum Gasteiger partial charge on any atom is -0.501 e. The van der Waals surface area contributed by atoms with Crippen LogP contribution in [0.15, 0.2) is 46.4 Å². The van der Waals surface area contributed by atoms with Gasteiger partial charge in [0.2, 0.25) is 0 Å². The van der Waals surface area contributed by atoms with Crippen LogP contribution >= 0.6 is 11.8 Å². The summed E-state index contributed by atoms with van der Waals surface area (Å²) in [6, 6.07) is 10.1. The summed E-state index contributed by atoms with van der Waals surface area (Å²) in [7, 11) is 0. The van der Waals surface area contributed by atoms with E-state index in [-0.39, 0.29) is 0 Å². The summed E-state index contributed by atoms with van der Waals surface area (Å²) in [6.45, 7) is 2.59. The van der Waals surface area contributed by atoms with Gasteiger partial charge in [0.1, 0.15) is 0 Å². The monoisotopic (exact) mass is 264 g/mol. The average molecular weight is 264 g/mol. The molecule has 0 unspecified atom stereocenters. The van der Waals surface area contributed by atoms with E-state index in [0.717, 1.165) is 35.5 Å². The molecule has 18 heavy (non-hydrogen) atoms. The molecule has 1 aliphatic carbocycles. The summed E-state index contributed by atoms with van der Waals surface area (Å²) in [5.41, 5.74) is -0.685. The Labute approximate surface area is 113 Å². The molecular weight excluding hydrogens is 244 g/mol. The Kier molecular flexibility index (Phi) is 4.72. The largest absolute Gasteiger partial charge is 0.501 e. The van der Waals surface area contributed by atoms with Gasteiger partial charge in [-0.1, -0.05) is 42.8 Å². The van der Waals surface area contributed by atoms with E-state index in [4.69, 9.17) is 4.74 Å². The van der Waals surface area contributed by atoms with Gasteiger partial charge in [0.25, 0.3) is 0 Å². The van der Waals surface area contributed by atoms with Crippen LogP contribution in [0, 0.1) is 0 Å². The van der Waals surface area contributed by atoms with Crippen molar-refractivity contribution in [2.24, 2.45) is 0 Å². The van der Waals surface area contributed by atoms with Crippen molar-refractivity contribution in [3.63, 3.8) is 0 Å². The standard InChI is InChI=1S/C15H20O2S/c1-2-17-12-14(15(16)10-6-7-11-15)18-13-8-4-3-5-9-13/h3-5,8-9,12,16H,2,6-7,10-11H2,1H3/b14-12-. The zero-order chi connectivity index (χ0) is 12.8. The number of hydrogen-bond donors (Lipinski definition) is 1. The van der Waals surface area contributed by atoms with Crippen LogP contribution in [0.1, 0.15) is 32.6 Å². The predicted molar refractivity (Wildman–Crippen MR) is 75.4 cm³/mol. The number of benzene rings is 1. The first-order valence-corrected chi connectivity index (χ1v) is 7.34. The van der Waals surface area contributed by atoms with E-state index in [1.807, 2.05) is 25.1 Å². The van der Waals surface area contributed by atoms with Gasteiger partial charge in [0.15, 0.2) is 0 Å². The summed E-state index contributed by atoms with van der Waals surface area (Å²) >= 11 is 1.61. The summed E-state index contributed by atoms with van der Waals surface area (Å²) < 4.78 is 5.40. The molecule has 0 aliphatic heterocycles. The van der Waals surface area contributed by atoms with E-state index in [0.29, 0.717) is 6.61 Å². The van der Waals surface area contributed by atoms with Crippen LogP contribution in [0.2, 0.25) is 0 Å². The van der Waals surface area contributed by atoms with Crippen molar-refractivity contribution < 1.29 is 9.84 Å². The first-order chi connectivity index (χ1) is 8.74. The zero-order valence-electron chi connectivity index (χ0n) is 10.8. The van der Waals surface area contributed by atoms with Crippen molar-refractivity contribution >= 4 is 11.8 Å². The van der Waals surface area contributed by atoms with Gasteiger partial charge in [-0.15, -0.1) is 0 Å². The van der Waals surface area contributed by atoms with Gasteiger partial charge in [0, 0.05) is 4.90 Å². The number of aliphatic hydroxyl groups is 1. The molecule has 0 spiro atoms. The van der Waals surface area contributed by atoms with Crippen LogP contribution in [0.25, 0.3) is 0 Å². The third-order valence-corrected chi connectivity index (χ3v) is 4.42. The topological polar surface area (TPSA) is 29.5 Å². The molecule has 2 rings (SSSR count). The molecule has 98 valence electrons. The lowest BCUT2D eigenvalue weighted by atomic mass is 10.0. The van der Waals surface area contributed by atoms with Gasteiger partial charge in [0.05, 0.1) is 23.4 Å². The third kappa shape index (κ3) is 3.30. The van der Waals surface area contributed by atoms with E-state index in [9.17, 15) is 5.11 Å². The van der Waals surface area contributed by atoms with Crippen molar-refractivity contribution in [2.45, 2.75) is 43.1 Å². The van der Waals surface area contributed by atoms with Gasteiger partial charge in [-0.25, -0.2) is 0 Å². The van der Waals surface area contributed by atoms with E-state index in [2.05, 4.69) is 12.1 Å². The number of hydrogen-bond acceptors (Lipinski definition) is 3. The first-order valence-electron chi connectivity index (χ1n) is 6.52. The van der Waals surface area contributed by atoms with Crippen LogP contribution in [-0.2, 0) is 4.74 Å². The smallest absolute Gasteiger partial charge is 0.0988 e. The second kappa shape index (κ2) is 6.30. The van der Waals surface area contributed by atoms with Crippen molar-refractivity contribution in [1.82, 2.24) is 0 Å². The fourth-order valence-corrected chi connectivity index (χ4v) is 3.27. The predicted octanol–water partition coefficient (Wildman–Crippen LogP) is 3.96. The lowest BCUT2D eigenvalue weighted by molar-refractivity contribution is 0.0906. The van der Waals surface area contributed by atoms with Gasteiger partial charge in [-0.05, 0) is 31.9 Å². The molecule has 1 N–H and O–H groups in total. The fourth-order valence-electron chi connectivity index (χ4n) is 2.21. The molecule has 0 heterocycles. The number of ether oxygens (including phenoxy) is 1. The Morgan fingerprint density at radius 1 is 1.33 bits per heavy atom. The van der Waals surface area contributed by atoms with Crippen molar-refractivity contribution in [3.05, 3.63) is 41.5 Å². The molecule has 1 saturated carbocycles. The molecule has 0 aromatic heterocycles. The maximum atomic E-state index is 10.7. The fraction of sp³-hybridized carbons (Fsp3) is 0.467. The molecule has 0 radical (unpaired) electrons. The summed E-state index contributed by atoms with van der Waals surface area (Å²) in [4.78, 5) is 2.08. The van der Waals surface area contributed by atoms with Crippen molar-refractivity contribution in [3.8, 4) is 0 Å². The molecule has 1 aromatic carbocycles. The van der Waals surface area contributed by atoms with Crippen LogP contribution < -0.4 is 0 Å². The summed E-state index contributed by atoms with van der Waals surface area (Å²) in [5.74, 6) is 0. The Morgan fingerprint density at radius 2 is 2.00 bits per heavy atom. The molecular formula is C15H20O2S. The van der Waals surface area contributed by atoms with E-state index < -0.39 is 5.60 Å². The average Bonchev–Trinajstić information content (AvgIpc) is 2.84. The summed E-state index contributed by atoms with van der Waals surface area (Å²) in [5, 5.41) is 10.7. The van der Waals surface area contributed by atoms with Crippen LogP contribution in [-0.4, -0.2) is 17.3 Å². The third-order valence-electron chi connectivity index (χ3n) is 3.22. The molecule has 1 aliphatic rings. The van der Waals surface area contributed by atoms with E-state index in [1.165, 1.54) is 0 Å². The second-order valence-electron chi connectivity index (χ2n) is 4.59. The SMILES string of the molecule is CCO/C=C(\Sc1ccccc1)C1(O)CCCC1. The highest BCUT2D eigenvalue weighted by Gasteiger charge is 2.36. The lowest BCUT2D eigenvalue weighted by Gasteiger charge is -2.25. The quantitative estimate of drug-likeness (QED) is 0.644. The molecule has 0 atom stereocenters. The van der Waals surface area contributed by atoms with Crippen molar-refractivity contribution in [1.29, 1.82) is 0 Å².